The van der Waals surface area contributed by atoms with Crippen LogP contribution >= 0.6 is 0 Å². The largest absolute Gasteiger partial charge is 0.368 e. The van der Waals surface area contributed by atoms with E-state index in [0.29, 0.717) is 11.5 Å². The number of imide groups is 2. The van der Waals surface area contributed by atoms with Gasteiger partial charge in [0.25, 0.3) is 17.5 Å². The number of nitro groups is 1. The van der Waals surface area contributed by atoms with E-state index in [1.165, 1.54) is 32.3 Å². The zero-order valence-corrected chi connectivity index (χ0v) is 16.9. The lowest BCUT2D eigenvalue weighted by Gasteiger charge is -2.39. The third-order valence-corrected chi connectivity index (χ3v) is 5.61. The van der Waals surface area contributed by atoms with E-state index in [0.717, 1.165) is 34.9 Å². The summed E-state index contributed by atoms with van der Waals surface area (Å²) in [7, 11) is 2.59. The summed E-state index contributed by atoms with van der Waals surface area (Å²) in [6, 6.07) is 3.95. The van der Waals surface area contributed by atoms with Gasteiger partial charge in [-0.3, -0.25) is 29.5 Å². The van der Waals surface area contributed by atoms with E-state index in [4.69, 9.17) is 0 Å². The number of anilines is 1. The number of amides is 4. The first kappa shape index (κ1) is 20.5. The second-order valence-electron chi connectivity index (χ2n) is 7.74. The fourth-order valence-corrected chi connectivity index (χ4v) is 3.93. The van der Waals surface area contributed by atoms with Gasteiger partial charge in [0.1, 0.15) is 5.57 Å². The van der Waals surface area contributed by atoms with E-state index in [9.17, 15) is 24.5 Å². The predicted molar refractivity (Wildman–Crippen MR) is 107 cm³/mol. The maximum Gasteiger partial charge on any atom is 0.333 e. The molecule has 0 spiro atoms. The smallest absolute Gasteiger partial charge is 0.333 e. The Morgan fingerprint density at radius 1 is 1.10 bits per heavy atom. The molecule has 2 aliphatic heterocycles. The first-order valence-electron chi connectivity index (χ1n) is 9.48. The lowest BCUT2D eigenvalue weighted by molar-refractivity contribution is -0.384. The topological polar surface area (TPSA) is 104 Å². The molecule has 2 saturated heterocycles. The Bertz CT molecular complexity index is 899. The van der Waals surface area contributed by atoms with E-state index < -0.39 is 22.8 Å². The van der Waals surface area contributed by atoms with Crippen LogP contribution in [0.25, 0.3) is 6.08 Å². The van der Waals surface area contributed by atoms with Crippen molar-refractivity contribution in [2.45, 2.75) is 32.7 Å². The van der Waals surface area contributed by atoms with E-state index in [2.05, 4.69) is 18.7 Å². The fourth-order valence-electron chi connectivity index (χ4n) is 3.93. The highest BCUT2D eigenvalue weighted by molar-refractivity contribution is 6.30. The van der Waals surface area contributed by atoms with Crippen molar-refractivity contribution in [2.24, 2.45) is 5.92 Å². The molecule has 0 unspecified atom stereocenters. The highest BCUT2D eigenvalue weighted by atomic mass is 16.6. The molecule has 9 nitrogen and oxygen atoms in total. The minimum Gasteiger partial charge on any atom is -0.368 e. The number of hydrogen-bond donors (Lipinski definition) is 0. The number of carbonyl (C=O) groups excluding carboxylic acids is 3. The molecule has 0 aromatic heterocycles. The maximum atomic E-state index is 12.6. The average molecular weight is 400 g/mol. The van der Waals surface area contributed by atoms with Crippen LogP contribution in [0.1, 0.15) is 32.3 Å². The Balaban J connectivity index is 2.11. The summed E-state index contributed by atoms with van der Waals surface area (Å²) < 4.78 is 0. The Hall–Kier alpha value is -3.23. The Morgan fingerprint density at radius 3 is 2.28 bits per heavy atom. The first-order chi connectivity index (χ1) is 13.6. The molecule has 1 aromatic rings. The third-order valence-electron chi connectivity index (χ3n) is 5.61. The van der Waals surface area contributed by atoms with Crippen molar-refractivity contribution in [1.29, 1.82) is 0 Å². The molecule has 154 valence electrons. The number of piperidine rings is 1. The molecule has 4 amide bonds. The highest BCUT2D eigenvalue weighted by Gasteiger charge is 2.38. The number of benzene rings is 1. The average Bonchev–Trinajstić information content (AvgIpc) is 2.68. The van der Waals surface area contributed by atoms with Crippen LogP contribution in [0.15, 0.2) is 23.8 Å². The fraction of sp³-hybridized carbons (Fsp3) is 0.450. The molecule has 2 aliphatic rings. The molecule has 0 bridgehead atoms. The summed E-state index contributed by atoms with van der Waals surface area (Å²) in [6.07, 6.45) is 3.32. The van der Waals surface area contributed by atoms with Gasteiger partial charge in [-0.2, -0.15) is 0 Å². The van der Waals surface area contributed by atoms with Gasteiger partial charge in [0.15, 0.2) is 0 Å². The molecule has 3 rings (SSSR count). The molecule has 9 heteroatoms. The molecule has 29 heavy (non-hydrogen) atoms. The number of nitrogens with zero attached hydrogens (tertiary/aromatic N) is 4. The van der Waals surface area contributed by atoms with Gasteiger partial charge in [-0.15, -0.1) is 0 Å². The molecule has 0 aliphatic carbocycles. The summed E-state index contributed by atoms with van der Waals surface area (Å²) in [6.45, 7) is 5.05. The lowest BCUT2D eigenvalue weighted by atomic mass is 9.92. The Labute approximate surface area is 168 Å². The number of likely N-dealkylation sites (N-methyl/N-ethyl adjacent to an activating group) is 2. The Kier molecular flexibility index (Phi) is 5.41. The Morgan fingerprint density at radius 2 is 1.72 bits per heavy atom. The summed E-state index contributed by atoms with van der Waals surface area (Å²) in [4.78, 5) is 51.7. The molecular formula is C20H24N4O5. The van der Waals surface area contributed by atoms with Gasteiger partial charge in [0.2, 0.25) is 0 Å². The van der Waals surface area contributed by atoms with Gasteiger partial charge >= 0.3 is 6.03 Å². The van der Waals surface area contributed by atoms with Gasteiger partial charge in [-0.25, -0.2) is 4.79 Å². The molecule has 0 radical (unpaired) electrons. The summed E-state index contributed by atoms with van der Waals surface area (Å²) in [5.74, 6) is -0.873. The number of carbonyl (C=O) groups is 3. The minimum atomic E-state index is -0.726. The molecule has 2 fully saturated rings. The first-order valence-corrected chi connectivity index (χ1v) is 9.48. The van der Waals surface area contributed by atoms with Crippen molar-refractivity contribution in [2.75, 3.05) is 25.5 Å². The number of nitro benzene ring substituents is 1. The molecule has 0 N–H and O–H groups in total. The van der Waals surface area contributed by atoms with Gasteiger partial charge in [0.05, 0.1) is 4.92 Å². The van der Waals surface area contributed by atoms with Crippen LogP contribution in [0.3, 0.4) is 0 Å². The number of rotatable bonds is 3. The minimum absolute atomic E-state index is 0.132. The van der Waals surface area contributed by atoms with Crippen molar-refractivity contribution in [3.8, 4) is 0 Å². The number of hydrogen-bond acceptors (Lipinski definition) is 6. The standard InChI is InChI=1S/C20H24N4O5/c1-12-7-8-23(13(2)9-12)17-6-5-15(24(28)29)10-14(17)11-16-18(25)21(3)20(27)22(4)19(16)26/h5-6,10-13H,7-9H2,1-4H3/t12-,13+/m1/s1. The third kappa shape index (κ3) is 3.72. The second-order valence-corrected chi connectivity index (χ2v) is 7.74. The normalized spacial score (nSPS) is 23.0. The maximum absolute atomic E-state index is 12.6. The lowest BCUT2D eigenvalue weighted by Crippen LogP contribution is -2.52. The van der Waals surface area contributed by atoms with Crippen molar-refractivity contribution in [1.82, 2.24) is 9.80 Å². The molecular weight excluding hydrogens is 376 g/mol. The molecule has 1 aromatic carbocycles. The monoisotopic (exact) mass is 400 g/mol. The van der Waals surface area contributed by atoms with Gasteiger partial charge in [-0.1, -0.05) is 6.92 Å². The van der Waals surface area contributed by atoms with Gasteiger partial charge < -0.3 is 4.90 Å². The van der Waals surface area contributed by atoms with Crippen LogP contribution in [0, 0.1) is 16.0 Å². The van der Waals surface area contributed by atoms with E-state index in [1.54, 1.807) is 6.07 Å². The van der Waals surface area contributed by atoms with Gasteiger partial charge in [0, 0.05) is 50.1 Å². The number of urea groups is 1. The van der Waals surface area contributed by atoms with E-state index in [1.807, 2.05) is 0 Å². The highest BCUT2D eigenvalue weighted by Crippen LogP contribution is 2.34. The number of barbiturate groups is 1. The molecule has 2 atom stereocenters. The summed E-state index contributed by atoms with van der Waals surface area (Å²) in [5.41, 5.74) is 0.806. The SMILES string of the molecule is C[C@@H]1CCN(c2ccc([N+](=O)[O-])cc2C=C2C(=O)N(C)C(=O)N(C)C2=O)[C@@H](C)C1. The van der Waals surface area contributed by atoms with Crippen molar-refractivity contribution in [3.05, 3.63) is 39.4 Å². The van der Waals surface area contributed by atoms with Crippen molar-refractivity contribution in [3.63, 3.8) is 0 Å². The zero-order chi connectivity index (χ0) is 21.5. The van der Waals surface area contributed by atoms with Crippen molar-refractivity contribution < 1.29 is 19.3 Å². The second kappa shape index (κ2) is 7.65. The quantitative estimate of drug-likeness (QED) is 0.334. The van der Waals surface area contributed by atoms with Crippen LogP contribution in [0.5, 0.6) is 0 Å². The van der Waals surface area contributed by atoms with Crippen molar-refractivity contribution >= 4 is 35.3 Å². The zero-order valence-electron chi connectivity index (χ0n) is 16.9. The van der Waals surface area contributed by atoms with E-state index >= 15 is 0 Å². The van der Waals surface area contributed by atoms with Crippen LogP contribution in [-0.4, -0.2) is 59.3 Å². The van der Waals surface area contributed by atoms with Crippen LogP contribution in [0.4, 0.5) is 16.2 Å². The predicted octanol–water partition coefficient (Wildman–Crippen LogP) is 2.65. The summed E-state index contributed by atoms with van der Waals surface area (Å²) >= 11 is 0. The molecule has 2 heterocycles. The van der Waals surface area contributed by atoms with Crippen LogP contribution < -0.4 is 4.90 Å². The summed E-state index contributed by atoms with van der Waals surface area (Å²) in [5, 5.41) is 11.3. The molecule has 0 saturated carbocycles. The number of non-ortho nitro benzene ring substituents is 1. The van der Waals surface area contributed by atoms with Crippen LogP contribution in [0.2, 0.25) is 0 Å². The van der Waals surface area contributed by atoms with E-state index in [-0.39, 0.29) is 17.3 Å². The van der Waals surface area contributed by atoms with Gasteiger partial charge in [-0.05, 0) is 37.8 Å². The van der Waals surface area contributed by atoms with Crippen LogP contribution in [-0.2, 0) is 9.59 Å².